The summed E-state index contributed by atoms with van der Waals surface area (Å²) < 4.78 is 68.2. The summed E-state index contributed by atoms with van der Waals surface area (Å²) in [4.78, 5) is 0. The van der Waals surface area contributed by atoms with E-state index in [1.165, 1.54) is 0 Å². The average Bonchev–Trinajstić information content (AvgIpc) is 1.12. The normalized spacial score (nSPS) is 7.73. The van der Waals surface area contributed by atoms with Crippen molar-refractivity contribution in [1.82, 2.24) is 24.6 Å². The Morgan fingerprint density at radius 3 is 0.533 bits per heavy atom. The Bertz CT molecular complexity index is 221. The second kappa shape index (κ2) is 16.7. The molecule has 15 heteroatoms. The monoisotopic (exact) mass is 366 g/mol. The van der Waals surface area contributed by atoms with Gasteiger partial charge in [-0.3, -0.25) is 16.8 Å². The van der Waals surface area contributed by atoms with Crippen molar-refractivity contribution in [3.63, 3.8) is 0 Å². The zero-order valence-corrected chi connectivity index (χ0v) is 10.4. The SMILES string of the molecule is N.N.N.N.O=S(=O)([O-])[O-].O=S(=O)([O-])[O-].[Pd]. The van der Waals surface area contributed by atoms with Crippen LogP contribution in [-0.4, -0.2) is 35.0 Å². The Kier molecular flexibility index (Phi) is 50.6. The largest absolute Gasteiger partial charge is 0.759 e. The van der Waals surface area contributed by atoms with Crippen LogP contribution in [0.1, 0.15) is 0 Å². The van der Waals surface area contributed by atoms with Gasteiger partial charge in [-0.25, -0.2) is 0 Å². The average molecular weight is 367 g/mol. The minimum Gasteiger partial charge on any atom is -0.759 e. The van der Waals surface area contributed by atoms with Crippen molar-refractivity contribution in [2.45, 2.75) is 0 Å². The first kappa shape index (κ1) is 45.5. The maximum absolute atomic E-state index is 8.52. The second-order valence-electron chi connectivity index (χ2n) is 0.816. The summed E-state index contributed by atoms with van der Waals surface area (Å²) in [5.41, 5.74) is 0. The quantitative estimate of drug-likeness (QED) is 0.205. The Balaban J connectivity index is -0.0000000128. The third-order valence-electron chi connectivity index (χ3n) is 0. The Morgan fingerprint density at radius 1 is 0.533 bits per heavy atom. The molecule has 0 aromatic rings. The van der Waals surface area contributed by atoms with Gasteiger partial charge in [-0.1, -0.05) is 0 Å². The van der Waals surface area contributed by atoms with Crippen LogP contribution in [0, 0.1) is 0 Å². The number of hydrogen-bond donors (Lipinski definition) is 4. The van der Waals surface area contributed by atoms with Gasteiger partial charge in [0.15, 0.2) is 0 Å². The summed E-state index contributed by atoms with van der Waals surface area (Å²) in [6, 6.07) is 0. The van der Waals surface area contributed by atoms with Gasteiger partial charge in [0.1, 0.15) is 0 Å². The molecule has 0 radical (unpaired) electrons. The first-order chi connectivity index (χ1) is 4.00. The molecule has 0 aliphatic rings. The molecule has 0 amide bonds. The van der Waals surface area contributed by atoms with E-state index in [1.807, 2.05) is 0 Å². The molecule has 12 N–H and O–H groups in total. The molecule has 0 fully saturated rings. The van der Waals surface area contributed by atoms with E-state index in [-0.39, 0.29) is 45.0 Å². The van der Waals surface area contributed by atoms with Crippen LogP contribution >= 0.6 is 0 Å². The zero-order valence-electron chi connectivity index (χ0n) is 7.23. The standard InChI is InChI=1S/4H3N.2H2O4S.Pd/c;;;;2*1-5(2,3)4;/h4*1H3;2*(H2,1,2,3,4);/p-4. The van der Waals surface area contributed by atoms with Crippen molar-refractivity contribution in [1.29, 1.82) is 0 Å². The van der Waals surface area contributed by atoms with E-state index < -0.39 is 20.8 Å². The molecule has 0 unspecified atom stereocenters. The molecule has 0 rings (SSSR count). The van der Waals surface area contributed by atoms with Crippen LogP contribution in [0.15, 0.2) is 0 Å². The van der Waals surface area contributed by atoms with Gasteiger partial charge in [0, 0.05) is 41.2 Å². The molecular weight excluding hydrogens is 355 g/mol. The summed E-state index contributed by atoms with van der Waals surface area (Å²) in [7, 11) is -10.3. The van der Waals surface area contributed by atoms with Gasteiger partial charge in [-0.05, 0) is 0 Å². The number of rotatable bonds is 0. The van der Waals surface area contributed by atoms with Crippen LogP contribution in [0.4, 0.5) is 0 Å². The van der Waals surface area contributed by atoms with Gasteiger partial charge < -0.3 is 42.8 Å². The van der Waals surface area contributed by atoms with Gasteiger partial charge in [0.05, 0.1) is 0 Å². The topological polar surface area (TPSA) is 301 Å². The molecule has 0 atom stereocenters. The summed E-state index contributed by atoms with van der Waals surface area (Å²) in [5.74, 6) is 0. The molecule has 0 aliphatic heterocycles. The maximum atomic E-state index is 8.52. The molecule has 0 aromatic heterocycles. The molecule has 0 saturated carbocycles. The molecule has 0 aromatic carbocycles. The molecule has 106 valence electrons. The molecule has 0 heterocycles. The van der Waals surface area contributed by atoms with Crippen LogP contribution in [-0.2, 0) is 41.2 Å². The van der Waals surface area contributed by atoms with Crippen molar-refractivity contribution in [2.75, 3.05) is 0 Å². The van der Waals surface area contributed by atoms with Crippen molar-refractivity contribution in [3.05, 3.63) is 0 Å². The molecular formula is H12N4O8PdS2-4. The van der Waals surface area contributed by atoms with Gasteiger partial charge in [-0.2, -0.15) is 0 Å². The van der Waals surface area contributed by atoms with E-state index in [1.54, 1.807) is 0 Å². The van der Waals surface area contributed by atoms with Crippen LogP contribution in [0.5, 0.6) is 0 Å². The smallest absolute Gasteiger partial charge is 0.0311 e. The molecule has 12 nitrogen and oxygen atoms in total. The first-order valence-electron chi connectivity index (χ1n) is 1.33. The Labute approximate surface area is 101 Å². The summed E-state index contributed by atoms with van der Waals surface area (Å²) in [6.45, 7) is 0. The summed E-state index contributed by atoms with van der Waals surface area (Å²) in [6.07, 6.45) is 0. The van der Waals surface area contributed by atoms with Crippen molar-refractivity contribution in [2.24, 2.45) is 0 Å². The predicted molar refractivity (Wildman–Crippen MR) is 41.0 cm³/mol. The van der Waals surface area contributed by atoms with Crippen LogP contribution < -0.4 is 24.6 Å². The Hall–Kier alpha value is 0.242. The van der Waals surface area contributed by atoms with Crippen molar-refractivity contribution < 1.29 is 55.5 Å². The minimum absolute atomic E-state index is 0. The van der Waals surface area contributed by atoms with E-state index in [0.29, 0.717) is 0 Å². The van der Waals surface area contributed by atoms with E-state index in [2.05, 4.69) is 0 Å². The van der Waals surface area contributed by atoms with Gasteiger partial charge in [0.2, 0.25) is 0 Å². The van der Waals surface area contributed by atoms with Crippen molar-refractivity contribution >= 4 is 20.8 Å². The summed E-state index contributed by atoms with van der Waals surface area (Å²) in [5, 5.41) is 0. The molecule has 0 bridgehead atoms. The number of hydrogen-bond acceptors (Lipinski definition) is 12. The minimum atomic E-state index is -5.17. The predicted octanol–water partition coefficient (Wildman–Crippen LogP) is -2.03. The fraction of sp³-hybridized carbons (Fsp3) is 0. The fourth-order valence-corrected chi connectivity index (χ4v) is 0. The third kappa shape index (κ3) is 36300. The van der Waals surface area contributed by atoms with E-state index in [0.717, 1.165) is 0 Å². The molecule has 0 saturated heterocycles. The van der Waals surface area contributed by atoms with E-state index >= 15 is 0 Å². The second-order valence-corrected chi connectivity index (χ2v) is 2.45. The van der Waals surface area contributed by atoms with Gasteiger partial charge >= 0.3 is 0 Å². The Morgan fingerprint density at radius 2 is 0.533 bits per heavy atom. The molecule has 0 spiro atoms. The fourth-order valence-electron chi connectivity index (χ4n) is 0. The zero-order chi connectivity index (χ0) is 9.00. The maximum Gasteiger partial charge on any atom is 0.0311 e. The van der Waals surface area contributed by atoms with Crippen LogP contribution in [0.25, 0.3) is 0 Å². The van der Waals surface area contributed by atoms with Gasteiger partial charge in [-0.15, -0.1) is 0 Å². The van der Waals surface area contributed by atoms with Crippen LogP contribution in [0.2, 0.25) is 0 Å². The van der Waals surface area contributed by atoms with Gasteiger partial charge in [0.25, 0.3) is 0 Å². The van der Waals surface area contributed by atoms with E-state index in [9.17, 15) is 0 Å². The third-order valence-corrected chi connectivity index (χ3v) is 0. The first-order valence-corrected chi connectivity index (χ1v) is 4.00. The molecule has 0 aliphatic carbocycles. The molecule has 15 heavy (non-hydrogen) atoms. The summed E-state index contributed by atoms with van der Waals surface area (Å²) >= 11 is 0. The van der Waals surface area contributed by atoms with Crippen molar-refractivity contribution in [3.8, 4) is 0 Å². The van der Waals surface area contributed by atoms with Crippen LogP contribution in [0.3, 0.4) is 0 Å². The van der Waals surface area contributed by atoms with E-state index in [4.69, 9.17) is 35.0 Å².